The molecular weight excluding hydrogens is 190 g/mol. The van der Waals surface area contributed by atoms with Crippen LogP contribution in [0.25, 0.3) is 0 Å². The number of carbonyl (C=O) groups excluding carboxylic acids is 1. The summed E-state index contributed by atoms with van der Waals surface area (Å²) in [5.74, 6) is -3.98. The predicted molar refractivity (Wildman–Crippen MR) is 46.7 cm³/mol. The second kappa shape index (κ2) is 6.09. The molecule has 0 aromatic carbocycles. The van der Waals surface area contributed by atoms with Crippen LogP contribution in [0.15, 0.2) is 0 Å². The number of ketones is 1. The molecule has 0 aliphatic carbocycles. The van der Waals surface area contributed by atoms with Crippen molar-refractivity contribution in [2.24, 2.45) is 11.7 Å². The van der Waals surface area contributed by atoms with Gasteiger partial charge in [-0.05, 0) is 6.42 Å². The summed E-state index contributed by atoms with van der Waals surface area (Å²) < 4.78 is 0. The van der Waals surface area contributed by atoms with Gasteiger partial charge in [-0.15, -0.1) is 0 Å². The summed E-state index contributed by atoms with van der Waals surface area (Å²) in [6.45, 7) is -0.249. The number of carbonyl (C=O) groups is 3. The lowest BCUT2D eigenvalue weighted by molar-refractivity contribution is -0.145. The molecule has 0 saturated heterocycles. The van der Waals surface area contributed by atoms with Crippen molar-refractivity contribution in [1.29, 1.82) is 0 Å². The summed E-state index contributed by atoms with van der Waals surface area (Å²) in [6.07, 6.45) is -0.0406. The van der Waals surface area contributed by atoms with E-state index < -0.39 is 23.6 Å². The standard InChI is InChI=1S/C8H13NO5/c9-4-5(8(13)14)6(10)2-1-3-7(11)12/h5H,1-4,9H2,(H,11,12)(H,13,14). The monoisotopic (exact) mass is 203 g/mol. The second-order valence-electron chi connectivity index (χ2n) is 2.84. The first-order valence-corrected chi connectivity index (χ1v) is 4.16. The van der Waals surface area contributed by atoms with Crippen molar-refractivity contribution >= 4 is 17.7 Å². The zero-order chi connectivity index (χ0) is 11.1. The summed E-state index contributed by atoms with van der Waals surface area (Å²) in [6, 6.07) is 0. The molecule has 14 heavy (non-hydrogen) atoms. The van der Waals surface area contributed by atoms with Gasteiger partial charge in [0.15, 0.2) is 0 Å². The van der Waals surface area contributed by atoms with Crippen LogP contribution in [0.1, 0.15) is 19.3 Å². The predicted octanol–water partition coefficient (Wildman–Crippen LogP) is -0.530. The van der Waals surface area contributed by atoms with Crippen LogP contribution in [0.3, 0.4) is 0 Å². The number of aliphatic carboxylic acids is 2. The molecule has 0 rings (SSSR count). The number of Topliss-reactive ketones (excluding diaryl/α,β-unsaturated/α-hetero) is 1. The fraction of sp³-hybridized carbons (Fsp3) is 0.625. The van der Waals surface area contributed by atoms with Gasteiger partial charge >= 0.3 is 11.9 Å². The molecule has 0 aliphatic rings. The summed E-state index contributed by atoms with van der Waals surface area (Å²) in [5.41, 5.74) is 5.09. The Kier molecular flexibility index (Phi) is 5.47. The van der Waals surface area contributed by atoms with Crippen LogP contribution in [-0.4, -0.2) is 34.5 Å². The van der Waals surface area contributed by atoms with Crippen molar-refractivity contribution in [2.45, 2.75) is 19.3 Å². The van der Waals surface area contributed by atoms with Gasteiger partial charge in [-0.1, -0.05) is 0 Å². The topological polar surface area (TPSA) is 118 Å². The normalized spacial score (nSPS) is 12.1. The maximum Gasteiger partial charge on any atom is 0.315 e. The Hall–Kier alpha value is -1.43. The minimum Gasteiger partial charge on any atom is -0.481 e. The summed E-state index contributed by atoms with van der Waals surface area (Å²) in [7, 11) is 0. The largest absolute Gasteiger partial charge is 0.481 e. The van der Waals surface area contributed by atoms with E-state index in [0.29, 0.717) is 0 Å². The molecule has 0 aliphatic heterocycles. The van der Waals surface area contributed by atoms with Gasteiger partial charge in [0.2, 0.25) is 0 Å². The van der Waals surface area contributed by atoms with Crippen LogP contribution in [0, 0.1) is 5.92 Å². The van der Waals surface area contributed by atoms with Gasteiger partial charge < -0.3 is 15.9 Å². The minimum absolute atomic E-state index is 0.0551. The zero-order valence-electron chi connectivity index (χ0n) is 7.60. The van der Waals surface area contributed by atoms with E-state index in [0.717, 1.165) is 0 Å². The smallest absolute Gasteiger partial charge is 0.315 e. The third-order valence-electron chi connectivity index (χ3n) is 1.74. The number of rotatable bonds is 7. The Bertz CT molecular complexity index is 238. The van der Waals surface area contributed by atoms with Crippen molar-refractivity contribution in [1.82, 2.24) is 0 Å². The Balaban J connectivity index is 3.93. The molecule has 0 aromatic rings. The number of carboxylic acid groups (broad SMARTS) is 2. The van der Waals surface area contributed by atoms with Crippen LogP contribution in [-0.2, 0) is 14.4 Å². The van der Waals surface area contributed by atoms with Crippen molar-refractivity contribution in [2.75, 3.05) is 6.54 Å². The molecule has 80 valence electrons. The third kappa shape index (κ3) is 4.56. The molecule has 0 aromatic heterocycles. The molecule has 0 radical (unpaired) electrons. The first-order valence-electron chi connectivity index (χ1n) is 4.16. The fourth-order valence-corrected chi connectivity index (χ4v) is 0.958. The van der Waals surface area contributed by atoms with E-state index >= 15 is 0 Å². The fourth-order valence-electron chi connectivity index (χ4n) is 0.958. The third-order valence-corrected chi connectivity index (χ3v) is 1.74. The van der Waals surface area contributed by atoms with Gasteiger partial charge in [-0.2, -0.15) is 0 Å². The van der Waals surface area contributed by atoms with Crippen LogP contribution < -0.4 is 5.73 Å². The minimum atomic E-state index is -1.26. The van der Waals surface area contributed by atoms with E-state index in [1.54, 1.807) is 0 Å². The molecule has 0 fully saturated rings. The van der Waals surface area contributed by atoms with E-state index in [4.69, 9.17) is 15.9 Å². The highest BCUT2D eigenvalue weighted by Crippen LogP contribution is 2.05. The summed E-state index contributed by atoms with van der Waals surface area (Å²) in [5, 5.41) is 16.8. The molecule has 6 nitrogen and oxygen atoms in total. The highest BCUT2D eigenvalue weighted by Gasteiger charge is 2.23. The van der Waals surface area contributed by atoms with Crippen molar-refractivity contribution in [3.8, 4) is 0 Å². The molecular formula is C8H13NO5. The lowest BCUT2D eigenvalue weighted by Crippen LogP contribution is -2.31. The zero-order valence-corrected chi connectivity index (χ0v) is 7.60. The van der Waals surface area contributed by atoms with E-state index in [1.807, 2.05) is 0 Å². The Morgan fingerprint density at radius 1 is 1.14 bits per heavy atom. The maximum atomic E-state index is 11.1. The quantitative estimate of drug-likeness (QED) is 0.479. The SMILES string of the molecule is NCC(C(=O)O)C(=O)CCCC(=O)O. The van der Waals surface area contributed by atoms with Crippen LogP contribution in [0.4, 0.5) is 0 Å². The Morgan fingerprint density at radius 2 is 1.71 bits per heavy atom. The summed E-state index contributed by atoms with van der Waals surface area (Å²) in [4.78, 5) is 31.7. The Morgan fingerprint density at radius 3 is 2.07 bits per heavy atom. The highest BCUT2D eigenvalue weighted by atomic mass is 16.4. The van der Waals surface area contributed by atoms with Crippen LogP contribution >= 0.6 is 0 Å². The molecule has 6 heteroatoms. The summed E-state index contributed by atoms with van der Waals surface area (Å²) >= 11 is 0. The first kappa shape index (κ1) is 12.6. The van der Waals surface area contributed by atoms with E-state index in [1.165, 1.54) is 0 Å². The molecule has 0 amide bonds. The van der Waals surface area contributed by atoms with Crippen LogP contribution in [0.2, 0.25) is 0 Å². The highest BCUT2D eigenvalue weighted by molar-refractivity contribution is 5.98. The van der Waals surface area contributed by atoms with Gasteiger partial charge in [0.05, 0.1) is 0 Å². The molecule has 4 N–H and O–H groups in total. The second-order valence-corrected chi connectivity index (χ2v) is 2.84. The molecule has 0 saturated carbocycles. The molecule has 1 unspecified atom stereocenters. The molecule has 0 bridgehead atoms. The van der Waals surface area contributed by atoms with Gasteiger partial charge in [-0.25, -0.2) is 0 Å². The average Bonchev–Trinajstić information content (AvgIpc) is 2.03. The lowest BCUT2D eigenvalue weighted by Gasteiger charge is -2.07. The van der Waals surface area contributed by atoms with E-state index in [2.05, 4.69) is 0 Å². The molecule has 1 atom stereocenters. The van der Waals surface area contributed by atoms with Gasteiger partial charge in [0.1, 0.15) is 11.7 Å². The van der Waals surface area contributed by atoms with Gasteiger partial charge in [0, 0.05) is 19.4 Å². The Labute approximate surface area is 80.7 Å². The lowest BCUT2D eigenvalue weighted by atomic mass is 10.00. The first-order chi connectivity index (χ1) is 6.49. The maximum absolute atomic E-state index is 11.1. The van der Waals surface area contributed by atoms with Gasteiger partial charge in [-0.3, -0.25) is 14.4 Å². The number of hydrogen-bond donors (Lipinski definition) is 3. The molecule has 0 spiro atoms. The van der Waals surface area contributed by atoms with Gasteiger partial charge in [0.25, 0.3) is 0 Å². The van der Waals surface area contributed by atoms with E-state index in [-0.39, 0.29) is 25.8 Å². The van der Waals surface area contributed by atoms with Crippen molar-refractivity contribution in [3.63, 3.8) is 0 Å². The number of hydrogen-bond acceptors (Lipinski definition) is 4. The molecule has 0 heterocycles. The number of nitrogens with two attached hydrogens (primary N) is 1. The number of carboxylic acids is 2. The van der Waals surface area contributed by atoms with Crippen molar-refractivity contribution in [3.05, 3.63) is 0 Å². The van der Waals surface area contributed by atoms with E-state index in [9.17, 15) is 14.4 Å². The average molecular weight is 203 g/mol. The van der Waals surface area contributed by atoms with Crippen molar-refractivity contribution < 1.29 is 24.6 Å². The van der Waals surface area contributed by atoms with Crippen LogP contribution in [0.5, 0.6) is 0 Å².